The van der Waals surface area contributed by atoms with Gasteiger partial charge in [0.1, 0.15) is 0 Å². The Morgan fingerprint density at radius 2 is 2.18 bits per heavy atom. The Labute approximate surface area is 110 Å². The lowest BCUT2D eigenvalue weighted by molar-refractivity contribution is 0.421. The third-order valence-corrected chi connectivity index (χ3v) is 3.25. The summed E-state index contributed by atoms with van der Waals surface area (Å²) in [4.78, 5) is 4.28. The van der Waals surface area contributed by atoms with Crippen LogP contribution in [0.25, 0.3) is 11.5 Å². The Morgan fingerprint density at radius 1 is 1.41 bits per heavy atom. The summed E-state index contributed by atoms with van der Waals surface area (Å²) >= 11 is 12.0. The molecule has 0 saturated heterocycles. The summed E-state index contributed by atoms with van der Waals surface area (Å²) < 4.78 is 5.21. The molecule has 0 aliphatic rings. The van der Waals surface area contributed by atoms with Crippen LogP contribution in [-0.2, 0) is 0 Å². The molecule has 0 amide bonds. The molecule has 1 aromatic heterocycles. The number of benzene rings is 1. The molecule has 1 aromatic carbocycles. The molecule has 17 heavy (non-hydrogen) atoms. The van der Waals surface area contributed by atoms with Crippen molar-refractivity contribution in [3.05, 3.63) is 34.6 Å². The second-order valence-corrected chi connectivity index (χ2v) is 4.76. The highest BCUT2D eigenvalue weighted by atomic mass is 35.5. The van der Waals surface area contributed by atoms with Crippen LogP contribution in [0.1, 0.15) is 30.1 Å². The van der Waals surface area contributed by atoms with Crippen LogP contribution in [0, 0.1) is 6.92 Å². The van der Waals surface area contributed by atoms with Crippen molar-refractivity contribution in [3.63, 3.8) is 0 Å². The van der Waals surface area contributed by atoms with Gasteiger partial charge in [0, 0.05) is 10.6 Å². The van der Waals surface area contributed by atoms with E-state index in [1.807, 2.05) is 32.0 Å². The molecule has 0 saturated carbocycles. The van der Waals surface area contributed by atoms with Gasteiger partial charge in [-0.2, -0.15) is 4.98 Å². The fraction of sp³-hybridized carbons (Fsp3) is 0.333. The van der Waals surface area contributed by atoms with Crippen LogP contribution in [0.15, 0.2) is 22.7 Å². The maximum atomic E-state index is 6.05. The van der Waals surface area contributed by atoms with Gasteiger partial charge in [0.15, 0.2) is 5.82 Å². The van der Waals surface area contributed by atoms with E-state index in [1.165, 1.54) is 0 Å². The van der Waals surface area contributed by atoms with E-state index in [2.05, 4.69) is 10.1 Å². The molecular formula is C12H12Cl2N2O. The fourth-order valence-corrected chi connectivity index (χ4v) is 1.74. The predicted molar refractivity (Wildman–Crippen MR) is 68.4 cm³/mol. The largest absolute Gasteiger partial charge is 0.334 e. The molecule has 0 aliphatic carbocycles. The summed E-state index contributed by atoms with van der Waals surface area (Å²) in [5.74, 6) is 0.975. The normalized spacial score (nSPS) is 12.7. The van der Waals surface area contributed by atoms with Crippen LogP contribution in [0.4, 0.5) is 0 Å². The summed E-state index contributed by atoms with van der Waals surface area (Å²) in [6, 6.07) is 5.55. The predicted octanol–water partition coefficient (Wildman–Crippen LogP) is 4.39. The number of rotatable bonds is 3. The first kappa shape index (κ1) is 12.4. The van der Waals surface area contributed by atoms with Gasteiger partial charge in [-0.25, -0.2) is 0 Å². The minimum Gasteiger partial charge on any atom is -0.334 e. The summed E-state index contributed by atoms with van der Waals surface area (Å²) in [7, 11) is 0. The highest BCUT2D eigenvalue weighted by molar-refractivity contribution is 6.30. The van der Waals surface area contributed by atoms with Crippen LogP contribution in [0.5, 0.6) is 0 Å². The molecule has 2 rings (SSSR count). The minimum atomic E-state index is -0.216. The highest BCUT2D eigenvalue weighted by Gasteiger charge is 2.16. The summed E-state index contributed by atoms with van der Waals surface area (Å²) in [5.41, 5.74) is 1.88. The van der Waals surface area contributed by atoms with Crippen molar-refractivity contribution < 1.29 is 4.52 Å². The molecule has 1 heterocycles. The van der Waals surface area contributed by atoms with Gasteiger partial charge in [-0.05, 0) is 31.0 Å². The van der Waals surface area contributed by atoms with E-state index in [1.54, 1.807) is 0 Å². The molecule has 3 nitrogen and oxygen atoms in total. The molecule has 0 fully saturated rings. The summed E-state index contributed by atoms with van der Waals surface area (Å²) in [6.45, 7) is 3.94. The first-order chi connectivity index (χ1) is 8.11. The number of halogens is 2. The zero-order valence-corrected chi connectivity index (χ0v) is 11.1. The molecule has 0 N–H and O–H groups in total. The molecular weight excluding hydrogens is 259 g/mol. The quantitative estimate of drug-likeness (QED) is 0.777. The van der Waals surface area contributed by atoms with Crippen molar-refractivity contribution in [3.8, 4) is 11.5 Å². The molecule has 5 heteroatoms. The van der Waals surface area contributed by atoms with Crippen LogP contribution in [0.3, 0.4) is 0 Å². The van der Waals surface area contributed by atoms with Gasteiger partial charge in [-0.1, -0.05) is 29.7 Å². The SMILES string of the molecule is CCC(Cl)c1noc(-c2cc(Cl)ccc2C)n1. The Balaban J connectivity index is 2.40. The Kier molecular flexibility index (Phi) is 3.69. The summed E-state index contributed by atoms with van der Waals surface area (Å²) in [5, 5.41) is 4.30. The zero-order chi connectivity index (χ0) is 12.4. The van der Waals surface area contributed by atoms with Crippen LogP contribution < -0.4 is 0 Å². The van der Waals surface area contributed by atoms with E-state index in [0.717, 1.165) is 17.5 Å². The van der Waals surface area contributed by atoms with Gasteiger partial charge in [-0.3, -0.25) is 0 Å². The average Bonchev–Trinajstić information content (AvgIpc) is 2.80. The number of nitrogens with zero attached hydrogens (tertiary/aromatic N) is 2. The topological polar surface area (TPSA) is 38.9 Å². The second-order valence-electron chi connectivity index (χ2n) is 3.79. The van der Waals surface area contributed by atoms with Crippen molar-refractivity contribution in [1.82, 2.24) is 10.1 Å². The first-order valence-corrected chi connectivity index (χ1v) is 6.17. The molecule has 1 atom stereocenters. The maximum absolute atomic E-state index is 6.05. The van der Waals surface area contributed by atoms with E-state index in [0.29, 0.717) is 16.7 Å². The van der Waals surface area contributed by atoms with Crippen molar-refractivity contribution >= 4 is 23.2 Å². The fourth-order valence-electron chi connectivity index (χ4n) is 1.48. The van der Waals surface area contributed by atoms with Gasteiger partial charge in [0.2, 0.25) is 0 Å². The van der Waals surface area contributed by atoms with E-state index >= 15 is 0 Å². The van der Waals surface area contributed by atoms with Gasteiger partial charge in [0.05, 0.1) is 5.38 Å². The Hall–Kier alpha value is -1.06. The van der Waals surface area contributed by atoms with Crippen LogP contribution in [-0.4, -0.2) is 10.1 Å². The van der Waals surface area contributed by atoms with Gasteiger partial charge >= 0.3 is 0 Å². The molecule has 2 aromatic rings. The molecule has 0 radical (unpaired) electrons. The van der Waals surface area contributed by atoms with Crippen molar-refractivity contribution in [2.45, 2.75) is 25.6 Å². The smallest absolute Gasteiger partial charge is 0.258 e. The molecule has 90 valence electrons. The molecule has 0 aliphatic heterocycles. The number of aromatic nitrogens is 2. The van der Waals surface area contributed by atoms with Gasteiger partial charge in [0.25, 0.3) is 5.89 Å². The second kappa shape index (κ2) is 5.07. The lowest BCUT2D eigenvalue weighted by Crippen LogP contribution is -1.91. The Bertz CT molecular complexity index is 525. The molecule has 0 spiro atoms. The summed E-state index contributed by atoms with van der Waals surface area (Å²) in [6.07, 6.45) is 0.759. The number of hydrogen-bond acceptors (Lipinski definition) is 3. The Morgan fingerprint density at radius 3 is 2.88 bits per heavy atom. The third kappa shape index (κ3) is 2.61. The molecule has 1 unspecified atom stereocenters. The number of aryl methyl sites for hydroxylation is 1. The van der Waals surface area contributed by atoms with Crippen molar-refractivity contribution in [1.29, 1.82) is 0 Å². The minimum absolute atomic E-state index is 0.216. The lowest BCUT2D eigenvalue weighted by atomic mass is 10.1. The zero-order valence-electron chi connectivity index (χ0n) is 9.58. The van der Waals surface area contributed by atoms with Crippen molar-refractivity contribution in [2.75, 3.05) is 0 Å². The van der Waals surface area contributed by atoms with E-state index in [9.17, 15) is 0 Å². The lowest BCUT2D eigenvalue weighted by Gasteiger charge is -2.00. The first-order valence-electron chi connectivity index (χ1n) is 5.36. The van der Waals surface area contributed by atoms with Crippen LogP contribution in [0.2, 0.25) is 5.02 Å². The van der Waals surface area contributed by atoms with E-state index in [-0.39, 0.29) is 5.38 Å². The number of alkyl halides is 1. The van der Waals surface area contributed by atoms with Crippen molar-refractivity contribution in [2.24, 2.45) is 0 Å². The standard InChI is InChI=1S/C12H12Cl2N2O/c1-3-10(14)11-15-12(17-16-11)9-6-8(13)5-4-7(9)2/h4-6,10H,3H2,1-2H3. The third-order valence-electron chi connectivity index (χ3n) is 2.51. The van der Waals surface area contributed by atoms with E-state index < -0.39 is 0 Å². The number of hydrogen-bond donors (Lipinski definition) is 0. The van der Waals surface area contributed by atoms with Gasteiger partial charge < -0.3 is 4.52 Å². The average molecular weight is 271 g/mol. The van der Waals surface area contributed by atoms with Crippen LogP contribution >= 0.6 is 23.2 Å². The monoisotopic (exact) mass is 270 g/mol. The van der Waals surface area contributed by atoms with E-state index in [4.69, 9.17) is 27.7 Å². The van der Waals surface area contributed by atoms with Gasteiger partial charge in [-0.15, -0.1) is 11.6 Å². The maximum Gasteiger partial charge on any atom is 0.258 e. The molecule has 0 bridgehead atoms. The highest BCUT2D eigenvalue weighted by Crippen LogP contribution is 2.28.